The number of benzene rings is 1. The van der Waals surface area contributed by atoms with Crippen LogP contribution < -0.4 is 10.2 Å². The number of nitrogens with one attached hydrogen (secondary N) is 1. The van der Waals surface area contributed by atoms with Crippen molar-refractivity contribution in [3.63, 3.8) is 0 Å². The molecule has 2 saturated heterocycles. The van der Waals surface area contributed by atoms with E-state index in [1.54, 1.807) is 0 Å². The lowest BCUT2D eigenvalue weighted by atomic mass is 10.00. The molecule has 1 saturated carbocycles. The van der Waals surface area contributed by atoms with Crippen LogP contribution in [0.15, 0.2) is 30.3 Å². The Morgan fingerprint density at radius 2 is 1.77 bits per heavy atom. The van der Waals surface area contributed by atoms with Gasteiger partial charge < -0.3 is 10.2 Å². The first-order valence-corrected chi connectivity index (χ1v) is 11.2. The molecular weight excluding hydrogens is 378 g/mol. The molecule has 2 heterocycles. The van der Waals surface area contributed by atoms with Crippen LogP contribution in [0.2, 0.25) is 0 Å². The minimum Gasteiger partial charge on any atom is -0.337 e. The number of rotatable bonds is 5. The van der Waals surface area contributed by atoms with Gasteiger partial charge in [0.1, 0.15) is 5.54 Å². The van der Waals surface area contributed by atoms with Crippen molar-refractivity contribution in [2.45, 2.75) is 50.1 Å². The molecule has 1 aromatic rings. The highest BCUT2D eigenvalue weighted by Crippen LogP contribution is 2.29. The predicted molar refractivity (Wildman–Crippen MR) is 115 cm³/mol. The van der Waals surface area contributed by atoms with Crippen LogP contribution in [0.1, 0.15) is 38.5 Å². The summed E-state index contributed by atoms with van der Waals surface area (Å²) in [5, 5.41) is 12.4. The maximum Gasteiger partial charge on any atom is 0.244 e. The van der Waals surface area contributed by atoms with Crippen molar-refractivity contribution in [2.24, 2.45) is 0 Å². The number of hydrogen-bond acceptors (Lipinski definition) is 5. The first kappa shape index (κ1) is 20.8. The van der Waals surface area contributed by atoms with Crippen LogP contribution in [0.25, 0.3) is 0 Å². The number of hydrogen-bond donors (Lipinski definition) is 1. The smallest absolute Gasteiger partial charge is 0.244 e. The average Bonchev–Trinajstić information content (AvgIpc) is 3.24. The van der Waals surface area contributed by atoms with E-state index in [2.05, 4.69) is 21.2 Å². The van der Waals surface area contributed by atoms with Crippen LogP contribution in [0.3, 0.4) is 0 Å². The molecule has 2 aliphatic heterocycles. The summed E-state index contributed by atoms with van der Waals surface area (Å²) in [7, 11) is 0. The number of piperazine rings is 1. The van der Waals surface area contributed by atoms with Gasteiger partial charge in [0.05, 0.1) is 18.7 Å². The second-order valence-electron chi connectivity index (χ2n) is 8.74. The standard InChI is InChI=1S/C23H31N5O2/c24-18-23(10-4-5-11-23)25-21(29)17-26-13-15-27(16-14-26)20-9-6-12-28(22(20)30)19-7-2-1-3-8-19/h1-3,7-8,20H,4-6,9-17H2,(H,25,29)/t20-/m1/s1. The van der Waals surface area contributed by atoms with Gasteiger partial charge in [-0.1, -0.05) is 18.2 Å². The monoisotopic (exact) mass is 409 g/mol. The molecule has 0 bridgehead atoms. The third-order valence-electron chi connectivity index (χ3n) is 6.74. The van der Waals surface area contributed by atoms with Gasteiger partial charge in [-0.05, 0) is 50.7 Å². The third-order valence-corrected chi connectivity index (χ3v) is 6.74. The number of anilines is 1. The van der Waals surface area contributed by atoms with Crippen LogP contribution in [-0.4, -0.2) is 72.5 Å². The zero-order valence-corrected chi connectivity index (χ0v) is 17.6. The summed E-state index contributed by atoms with van der Waals surface area (Å²) in [6.45, 7) is 4.21. The summed E-state index contributed by atoms with van der Waals surface area (Å²) in [5.74, 6) is 0.131. The molecule has 7 nitrogen and oxygen atoms in total. The summed E-state index contributed by atoms with van der Waals surface area (Å²) in [4.78, 5) is 31.9. The van der Waals surface area contributed by atoms with Crippen molar-refractivity contribution in [1.82, 2.24) is 15.1 Å². The Labute approximate surface area is 178 Å². The van der Waals surface area contributed by atoms with Gasteiger partial charge in [-0.25, -0.2) is 0 Å². The summed E-state index contributed by atoms with van der Waals surface area (Å²) in [6.07, 6.45) is 5.41. The summed E-state index contributed by atoms with van der Waals surface area (Å²) < 4.78 is 0. The molecule has 4 rings (SSSR count). The Bertz CT molecular complexity index is 792. The molecule has 0 radical (unpaired) electrons. The molecule has 1 N–H and O–H groups in total. The number of amides is 2. The Hall–Kier alpha value is -2.43. The molecule has 0 spiro atoms. The van der Waals surface area contributed by atoms with Crippen molar-refractivity contribution in [3.8, 4) is 6.07 Å². The van der Waals surface area contributed by atoms with Gasteiger partial charge in [0.2, 0.25) is 11.8 Å². The van der Waals surface area contributed by atoms with E-state index in [9.17, 15) is 14.9 Å². The van der Waals surface area contributed by atoms with Crippen molar-refractivity contribution in [3.05, 3.63) is 30.3 Å². The lowest BCUT2D eigenvalue weighted by molar-refractivity contribution is -0.128. The summed E-state index contributed by atoms with van der Waals surface area (Å²) >= 11 is 0. The molecule has 2 amide bonds. The highest BCUT2D eigenvalue weighted by Gasteiger charge is 2.37. The first-order valence-electron chi connectivity index (χ1n) is 11.2. The Morgan fingerprint density at radius 3 is 2.43 bits per heavy atom. The predicted octanol–water partition coefficient (Wildman–Crippen LogP) is 1.75. The minimum absolute atomic E-state index is 0.0594. The van der Waals surface area contributed by atoms with E-state index in [0.29, 0.717) is 6.54 Å². The van der Waals surface area contributed by atoms with Crippen molar-refractivity contribution in [2.75, 3.05) is 44.2 Å². The number of carbonyl (C=O) groups excluding carboxylic acids is 2. The van der Waals surface area contributed by atoms with Crippen LogP contribution in [0, 0.1) is 11.3 Å². The quantitative estimate of drug-likeness (QED) is 0.802. The van der Waals surface area contributed by atoms with Gasteiger partial charge in [-0.3, -0.25) is 19.4 Å². The van der Waals surface area contributed by atoms with E-state index in [0.717, 1.165) is 76.9 Å². The molecule has 1 aromatic carbocycles. The van der Waals surface area contributed by atoms with Crippen LogP contribution in [0.4, 0.5) is 5.69 Å². The second kappa shape index (κ2) is 9.15. The van der Waals surface area contributed by atoms with Gasteiger partial charge in [-0.2, -0.15) is 5.26 Å². The highest BCUT2D eigenvalue weighted by molar-refractivity contribution is 5.97. The molecule has 3 fully saturated rings. The van der Waals surface area contributed by atoms with E-state index in [1.165, 1.54) is 0 Å². The molecule has 160 valence electrons. The van der Waals surface area contributed by atoms with Gasteiger partial charge >= 0.3 is 0 Å². The van der Waals surface area contributed by atoms with E-state index in [4.69, 9.17) is 0 Å². The van der Waals surface area contributed by atoms with Crippen LogP contribution >= 0.6 is 0 Å². The topological polar surface area (TPSA) is 79.7 Å². The number of para-hydroxylation sites is 1. The molecule has 0 unspecified atom stereocenters. The normalized spacial score (nSPS) is 25.1. The SMILES string of the molecule is N#CC1(NC(=O)CN2CCN([C@@H]3CCCN(c4ccccc4)C3=O)CC2)CCCC1. The maximum absolute atomic E-state index is 13.1. The fraction of sp³-hybridized carbons (Fsp3) is 0.609. The van der Waals surface area contributed by atoms with Crippen molar-refractivity contribution >= 4 is 17.5 Å². The lowest BCUT2D eigenvalue weighted by Crippen LogP contribution is -2.59. The van der Waals surface area contributed by atoms with E-state index in [-0.39, 0.29) is 17.9 Å². The van der Waals surface area contributed by atoms with Gasteiger partial charge in [0.15, 0.2) is 0 Å². The minimum atomic E-state index is -0.658. The first-order chi connectivity index (χ1) is 14.6. The number of carbonyl (C=O) groups is 2. The summed E-state index contributed by atoms with van der Waals surface area (Å²) in [5.41, 5.74) is 0.315. The fourth-order valence-corrected chi connectivity index (χ4v) is 5.05. The number of nitrogens with zero attached hydrogens (tertiary/aromatic N) is 4. The maximum atomic E-state index is 13.1. The molecule has 7 heteroatoms. The molecule has 0 aromatic heterocycles. The van der Waals surface area contributed by atoms with E-state index in [1.807, 2.05) is 35.2 Å². The van der Waals surface area contributed by atoms with E-state index >= 15 is 0 Å². The lowest BCUT2D eigenvalue weighted by Gasteiger charge is -2.42. The zero-order chi connectivity index (χ0) is 21.0. The van der Waals surface area contributed by atoms with Crippen LogP contribution in [-0.2, 0) is 9.59 Å². The zero-order valence-electron chi connectivity index (χ0n) is 17.6. The van der Waals surface area contributed by atoms with Gasteiger partial charge in [-0.15, -0.1) is 0 Å². The Balaban J connectivity index is 1.28. The molecule has 1 atom stereocenters. The Kier molecular flexibility index (Phi) is 6.35. The highest BCUT2D eigenvalue weighted by atomic mass is 16.2. The third kappa shape index (κ3) is 4.50. The molecular formula is C23H31N5O2. The second-order valence-corrected chi connectivity index (χ2v) is 8.74. The van der Waals surface area contributed by atoms with E-state index < -0.39 is 5.54 Å². The van der Waals surface area contributed by atoms with Crippen molar-refractivity contribution < 1.29 is 9.59 Å². The summed E-state index contributed by atoms with van der Waals surface area (Å²) in [6, 6.07) is 12.1. The van der Waals surface area contributed by atoms with Crippen molar-refractivity contribution in [1.29, 1.82) is 5.26 Å². The molecule has 3 aliphatic rings. The average molecular weight is 410 g/mol. The Morgan fingerprint density at radius 1 is 1.07 bits per heavy atom. The van der Waals surface area contributed by atoms with Crippen LogP contribution in [0.5, 0.6) is 0 Å². The van der Waals surface area contributed by atoms with Gasteiger partial charge in [0, 0.05) is 38.4 Å². The largest absolute Gasteiger partial charge is 0.337 e. The number of nitriles is 1. The fourth-order valence-electron chi connectivity index (χ4n) is 5.05. The number of piperidine rings is 1. The molecule has 30 heavy (non-hydrogen) atoms. The van der Waals surface area contributed by atoms with Gasteiger partial charge in [0.25, 0.3) is 0 Å². The molecule has 1 aliphatic carbocycles.